The van der Waals surface area contributed by atoms with Crippen molar-refractivity contribution in [2.24, 2.45) is 5.92 Å². The number of nitrogens with one attached hydrogen (secondary N) is 1. The minimum Gasteiger partial charge on any atom is -0.313 e. The first-order chi connectivity index (χ1) is 7.79. The highest BCUT2D eigenvalue weighted by Crippen LogP contribution is 2.24. The minimum absolute atomic E-state index is 0.754. The highest BCUT2D eigenvalue weighted by atomic mass is 15.2. The maximum absolute atomic E-state index is 3.70. The molecule has 1 aliphatic carbocycles. The van der Waals surface area contributed by atoms with Crippen LogP contribution in [0.2, 0.25) is 0 Å². The zero-order valence-electron chi connectivity index (χ0n) is 11.0. The minimum atomic E-state index is 0.754. The van der Waals surface area contributed by atoms with Gasteiger partial charge in [-0.15, -0.1) is 0 Å². The molecule has 0 spiro atoms. The molecule has 2 rings (SSSR count). The van der Waals surface area contributed by atoms with E-state index in [1.807, 2.05) is 0 Å². The lowest BCUT2D eigenvalue weighted by Gasteiger charge is -2.35. The van der Waals surface area contributed by atoms with Gasteiger partial charge in [0.2, 0.25) is 0 Å². The molecular weight excluding hydrogens is 196 g/mol. The molecule has 2 heteroatoms. The van der Waals surface area contributed by atoms with E-state index in [1.165, 1.54) is 58.2 Å². The lowest BCUT2D eigenvalue weighted by molar-refractivity contribution is 0.165. The van der Waals surface area contributed by atoms with Crippen LogP contribution in [0.25, 0.3) is 0 Å². The second kappa shape index (κ2) is 6.02. The van der Waals surface area contributed by atoms with Crippen LogP contribution in [0.4, 0.5) is 0 Å². The second-order valence-corrected chi connectivity index (χ2v) is 5.81. The molecule has 0 aromatic carbocycles. The lowest BCUT2D eigenvalue weighted by atomic mass is 9.94. The normalized spacial score (nSPS) is 32.4. The third-order valence-corrected chi connectivity index (χ3v) is 4.46. The average molecular weight is 224 g/mol. The summed E-state index contributed by atoms with van der Waals surface area (Å²) in [5.74, 6) is 0.925. The van der Waals surface area contributed by atoms with Gasteiger partial charge in [-0.05, 0) is 44.7 Å². The number of piperidine rings is 1. The zero-order valence-corrected chi connectivity index (χ0v) is 11.0. The Morgan fingerprint density at radius 1 is 1.19 bits per heavy atom. The van der Waals surface area contributed by atoms with E-state index in [-0.39, 0.29) is 0 Å². The largest absolute Gasteiger partial charge is 0.313 e. The first-order valence-corrected chi connectivity index (χ1v) is 7.27. The van der Waals surface area contributed by atoms with Gasteiger partial charge in [0.1, 0.15) is 0 Å². The van der Waals surface area contributed by atoms with E-state index in [0.717, 1.165) is 18.0 Å². The van der Waals surface area contributed by atoms with Crippen molar-refractivity contribution in [3.63, 3.8) is 0 Å². The maximum atomic E-state index is 3.70. The van der Waals surface area contributed by atoms with E-state index in [0.29, 0.717) is 0 Å². The monoisotopic (exact) mass is 224 g/mol. The molecule has 1 saturated heterocycles. The Morgan fingerprint density at radius 3 is 2.56 bits per heavy atom. The molecule has 0 aromatic heterocycles. The predicted molar refractivity (Wildman–Crippen MR) is 69.7 cm³/mol. The number of hydrogen-bond acceptors (Lipinski definition) is 2. The topological polar surface area (TPSA) is 15.3 Å². The van der Waals surface area contributed by atoms with E-state index in [1.54, 1.807) is 0 Å². The quantitative estimate of drug-likeness (QED) is 0.790. The molecule has 1 saturated carbocycles. The van der Waals surface area contributed by atoms with Crippen LogP contribution >= 0.6 is 0 Å². The van der Waals surface area contributed by atoms with Crippen LogP contribution in [0.5, 0.6) is 0 Å². The van der Waals surface area contributed by atoms with Gasteiger partial charge >= 0.3 is 0 Å². The van der Waals surface area contributed by atoms with Crippen molar-refractivity contribution in [1.82, 2.24) is 10.2 Å². The van der Waals surface area contributed by atoms with Crippen molar-refractivity contribution >= 4 is 0 Å². The van der Waals surface area contributed by atoms with Gasteiger partial charge in [0.05, 0.1) is 0 Å². The summed E-state index contributed by atoms with van der Waals surface area (Å²) in [5, 5.41) is 3.70. The van der Waals surface area contributed by atoms with Crippen LogP contribution < -0.4 is 5.32 Å². The maximum Gasteiger partial charge on any atom is 0.0197 e. The van der Waals surface area contributed by atoms with E-state index >= 15 is 0 Å². The molecule has 2 aliphatic rings. The van der Waals surface area contributed by atoms with Crippen LogP contribution in [0.15, 0.2) is 0 Å². The van der Waals surface area contributed by atoms with Gasteiger partial charge in [-0.1, -0.05) is 26.7 Å². The van der Waals surface area contributed by atoms with E-state index in [9.17, 15) is 0 Å². The smallest absolute Gasteiger partial charge is 0.0197 e. The number of rotatable bonds is 4. The van der Waals surface area contributed by atoms with Gasteiger partial charge < -0.3 is 5.32 Å². The first kappa shape index (κ1) is 12.4. The van der Waals surface area contributed by atoms with Crippen molar-refractivity contribution in [3.05, 3.63) is 0 Å². The summed E-state index contributed by atoms with van der Waals surface area (Å²) >= 11 is 0. The Balaban J connectivity index is 1.80. The van der Waals surface area contributed by atoms with Crippen molar-refractivity contribution < 1.29 is 0 Å². The fraction of sp³-hybridized carbons (Fsp3) is 1.00. The van der Waals surface area contributed by atoms with Crippen molar-refractivity contribution in [1.29, 1.82) is 0 Å². The van der Waals surface area contributed by atoms with Gasteiger partial charge in [-0.25, -0.2) is 0 Å². The summed E-state index contributed by atoms with van der Waals surface area (Å²) in [6.07, 6.45) is 8.53. The van der Waals surface area contributed by atoms with Gasteiger partial charge in [0, 0.05) is 18.6 Å². The summed E-state index contributed by atoms with van der Waals surface area (Å²) in [6, 6.07) is 1.65. The highest BCUT2D eigenvalue weighted by Gasteiger charge is 2.25. The molecular formula is C14H28N2. The standard InChI is InChI=1S/C14H28N2/c1-3-16(14-6-4-5-7-14)11-13-10-12(2)8-9-15-13/h12-15H,3-11H2,1-2H3. The van der Waals surface area contributed by atoms with E-state index in [2.05, 4.69) is 24.1 Å². The van der Waals surface area contributed by atoms with Gasteiger partial charge in [-0.2, -0.15) is 0 Å². The number of nitrogens with zero attached hydrogens (tertiary/aromatic N) is 1. The van der Waals surface area contributed by atoms with Crippen molar-refractivity contribution in [3.8, 4) is 0 Å². The zero-order chi connectivity index (χ0) is 11.4. The Morgan fingerprint density at radius 2 is 1.94 bits per heavy atom. The second-order valence-electron chi connectivity index (χ2n) is 5.81. The molecule has 0 aromatic rings. The first-order valence-electron chi connectivity index (χ1n) is 7.27. The lowest BCUT2D eigenvalue weighted by Crippen LogP contribution is -2.48. The van der Waals surface area contributed by atoms with Crippen LogP contribution in [0, 0.1) is 5.92 Å². The summed E-state index contributed by atoms with van der Waals surface area (Å²) < 4.78 is 0. The molecule has 1 heterocycles. The third kappa shape index (κ3) is 3.21. The Kier molecular flexibility index (Phi) is 4.66. The SMILES string of the molecule is CCN(CC1CC(C)CCN1)C1CCCC1. The average Bonchev–Trinajstić information content (AvgIpc) is 2.79. The number of hydrogen-bond donors (Lipinski definition) is 1. The molecule has 0 amide bonds. The fourth-order valence-corrected chi connectivity index (χ4v) is 3.45. The van der Waals surface area contributed by atoms with Crippen LogP contribution in [-0.2, 0) is 0 Å². The fourth-order valence-electron chi connectivity index (χ4n) is 3.45. The molecule has 2 atom stereocenters. The summed E-state index contributed by atoms with van der Waals surface area (Å²) in [7, 11) is 0. The van der Waals surface area contributed by atoms with E-state index in [4.69, 9.17) is 0 Å². The molecule has 2 unspecified atom stereocenters. The third-order valence-electron chi connectivity index (χ3n) is 4.46. The van der Waals surface area contributed by atoms with E-state index < -0.39 is 0 Å². The molecule has 16 heavy (non-hydrogen) atoms. The van der Waals surface area contributed by atoms with Crippen LogP contribution in [-0.4, -0.2) is 36.6 Å². The molecule has 0 radical (unpaired) electrons. The highest BCUT2D eigenvalue weighted by molar-refractivity contribution is 4.83. The Bertz CT molecular complexity index is 199. The molecule has 1 N–H and O–H groups in total. The molecule has 94 valence electrons. The number of likely N-dealkylation sites (N-methyl/N-ethyl adjacent to an activating group) is 1. The van der Waals surface area contributed by atoms with Gasteiger partial charge in [0.25, 0.3) is 0 Å². The summed E-state index contributed by atoms with van der Waals surface area (Å²) in [6.45, 7) is 8.47. The summed E-state index contributed by atoms with van der Waals surface area (Å²) in [4.78, 5) is 2.72. The van der Waals surface area contributed by atoms with Crippen molar-refractivity contribution in [2.45, 2.75) is 64.5 Å². The van der Waals surface area contributed by atoms with Crippen LogP contribution in [0.3, 0.4) is 0 Å². The van der Waals surface area contributed by atoms with Crippen LogP contribution in [0.1, 0.15) is 52.4 Å². The molecule has 2 fully saturated rings. The van der Waals surface area contributed by atoms with Crippen molar-refractivity contribution in [2.75, 3.05) is 19.6 Å². The molecule has 0 bridgehead atoms. The summed E-state index contributed by atoms with van der Waals surface area (Å²) in [5.41, 5.74) is 0. The van der Waals surface area contributed by atoms with Gasteiger partial charge in [-0.3, -0.25) is 4.90 Å². The van der Waals surface area contributed by atoms with Gasteiger partial charge in [0.15, 0.2) is 0 Å². The Hall–Kier alpha value is -0.0800. The molecule has 1 aliphatic heterocycles. The Labute approximate surface area is 101 Å². The predicted octanol–water partition coefficient (Wildman–Crippen LogP) is 2.64. The molecule has 2 nitrogen and oxygen atoms in total.